The van der Waals surface area contributed by atoms with Gasteiger partial charge in [-0.15, -0.1) is 0 Å². The summed E-state index contributed by atoms with van der Waals surface area (Å²) < 4.78 is 14.4. The average molecular weight is 435 g/mol. The van der Waals surface area contributed by atoms with E-state index in [4.69, 9.17) is 0 Å². The quantitative estimate of drug-likeness (QED) is 0.314. The highest BCUT2D eigenvalue weighted by atomic mass is 32.2. The highest BCUT2D eigenvalue weighted by Crippen LogP contribution is 2.41. The predicted molar refractivity (Wildman–Crippen MR) is 117 cm³/mol. The van der Waals surface area contributed by atoms with Gasteiger partial charge in [0.2, 0.25) is 5.03 Å². The van der Waals surface area contributed by atoms with Crippen LogP contribution < -0.4 is 0 Å². The van der Waals surface area contributed by atoms with Crippen molar-refractivity contribution < 1.29 is 19.2 Å². The molecule has 6 nitrogen and oxygen atoms in total. The number of aryl methyl sites for hydroxylation is 2. The molecular formula is C23H34N2O4S. The minimum absolute atomic E-state index is 0.00467. The number of rotatable bonds is 11. The Balaban J connectivity index is 1.76. The lowest BCUT2D eigenvalue weighted by atomic mass is 9.81. The standard InChI is InChI=1S/C23H34N2O4S/c1-4-5-6-7-8-9-12-25-23(30(3)29)20(15(2)24-25)17-13-18(26)21(19(27)14-17)22(28)16-10-11-16/h16-17,26H,4-14H2,1-3H3. The minimum atomic E-state index is -1.26. The van der Waals surface area contributed by atoms with E-state index in [0.29, 0.717) is 11.6 Å². The summed E-state index contributed by atoms with van der Waals surface area (Å²) in [6.45, 7) is 4.78. The fourth-order valence-electron chi connectivity index (χ4n) is 4.47. The Morgan fingerprint density at radius 1 is 1.20 bits per heavy atom. The molecule has 0 aromatic carbocycles. The Hall–Kier alpha value is -1.60. The van der Waals surface area contributed by atoms with Crippen LogP contribution in [0.1, 0.15) is 88.3 Å². The van der Waals surface area contributed by atoms with Gasteiger partial charge in [-0.3, -0.25) is 9.59 Å². The van der Waals surface area contributed by atoms with Gasteiger partial charge in [-0.25, -0.2) is 4.68 Å². The first-order chi connectivity index (χ1) is 14.3. The summed E-state index contributed by atoms with van der Waals surface area (Å²) in [5.74, 6) is -0.986. The summed E-state index contributed by atoms with van der Waals surface area (Å²) in [5, 5.41) is 15.8. The van der Waals surface area contributed by atoms with Crippen LogP contribution in [0.5, 0.6) is 0 Å². The maximum atomic E-state index is 12.7. The maximum absolute atomic E-state index is 12.7. The zero-order valence-corrected chi connectivity index (χ0v) is 19.2. The van der Waals surface area contributed by atoms with E-state index >= 15 is 0 Å². The lowest BCUT2D eigenvalue weighted by molar-refractivity contribution is -0.123. The van der Waals surface area contributed by atoms with Crippen LogP contribution in [0.4, 0.5) is 0 Å². The highest BCUT2D eigenvalue weighted by Gasteiger charge is 2.41. The summed E-state index contributed by atoms with van der Waals surface area (Å²) in [5.41, 5.74) is 1.57. The first kappa shape index (κ1) is 23.1. The molecular weight excluding hydrogens is 400 g/mol. The zero-order chi connectivity index (χ0) is 21.8. The molecule has 1 aromatic rings. The van der Waals surface area contributed by atoms with E-state index in [1.807, 2.05) is 11.6 Å². The van der Waals surface area contributed by atoms with Gasteiger partial charge in [0.05, 0.1) is 16.8 Å². The third-order valence-corrected chi connectivity index (χ3v) is 7.14. The van der Waals surface area contributed by atoms with E-state index in [-0.39, 0.29) is 47.6 Å². The number of allylic oxidation sites excluding steroid dienone is 2. The molecule has 0 aliphatic heterocycles. The molecule has 166 valence electrons. The highest BCUT2D eigenvalue weighted by molar-refractivity contribution is 7.90. The van der Waals surface area contributed by atoms with Crippen molar-refractivity contribution in [3.05, 3.63) is 22.6 Å². The number of ketones is 2. The second-order valence-electron chi connectivity index (χ2n) is 8.74. The van der Waals surface area contributed by atoms with E-state index in [1.165, 1.54) is 25.7 Å². The van der Waals surface area contributed by atoms with Gasteiger partial charge in [0, 0.05) is 42.4 Å². The molecule has 2 unspecified atom stereocenters. The number of hydrogen-bond acceptors (Lipinski definition) is 5. The SMILES string of the molecule is CCCCCCCCn1nc(C)c(C2CC(=O)C(C(=O)C3CC3)=C(O)C2)c1[S+](C)[O-]. The molecule has 0 saturated heterocycles. The third-order valence-electron chi connectivity index (χ3n) is 6.16. The number of aliphatic hydroxyl groups is 1. The molecule has 0 spiro atoms. The fraction of sp³-hybridized carbons (Fsp3) is 0.696. The Bertz CT molecular complexity index is 823. The monoisotopic (exact) mass is 434 g/mol. The molecule has 0 amide bonds. The van der Waals surface area contributed by atoms with Crippen LogP contribution in [0.15, 0.2) is 16.4 Å². The number of aliphatic hydroxyl groups excluding tert-OH is 1. The molecule has 7 heteroatoms. The topological polar surface area (TPSA) is 95.2 Å². The third kappa shape index (κ3) is 5.17. The van der Waals surface area contributed by atoms with Crippen LogP contribution in [-0.2, 0) is 27.3 Å². The second kappa shape index (κ2) is 10.1. The van der Waals surface area contributed by atoms with E-state index in [2.05, 4.69) is 12.0 Å². The van der Waals surface area contributed by atoms with Crippen LogP contribution in [0.25, 0.3) is 0 Å². The van der Waals surface area contributed by atoms with Gasteiger partial charge in [0.15, 0.2) is 11.6 Å². The minimum Gasteiger partial charge on any atom is -0.610 e. The van der Waals surface area contributed by atoms with Crippen molar-refractivity contribution in [2.24, 2.45) is 5.92 Å². The molecule has 0 radical (unpaired) electrons. The predicted octanol–water partition coefficient (Wildman–Crippen LogP) is 4.53. The van der Waals surface area contributed by atoms with Gasteiger partial charge < -0.3 is 9.66 Å². The molecule has 30 heavy (non-hydrogen) atoms. The zero-order valence-electron chi connectivity index (χ0n) is 18.4. The van der Waals surface area contributed by atoms with Crippen molar-refractivity contribution >= 4 is 22.7 Å². The number of nitrogens with zero attached hydrogens (tertiary/aromatic N) is 2. The summed E-state index contributed by atoms with van der Waals surface area (Å²) in [4.78, 5) is 25.1. The normalized spacial score (nSPS) is 20.7. The van der Waals surface area contributed by atoms with Crippen molar-refractivity contribution in [1.29, 1.82) is 0 Å². The van der Waals surface area contributed by atoms with Gasteiger partial charge >= 0.3 is 0 Å². The summed E-state index contributed by atoms with van der Waals surface area (Å²) in [7, 11) is 0. The van der Waals surface area contributed by atoms with Crippen LogP contribution in [0.2, 0.25) is 0 Å². The summed E-state index contributed by atoms with van der Waals surface area (Å²) in [6, 6.07) is 0. The number of aromatic nitrogens is 2. The molecule has 2 aliphatic carbocycles. The van der Waals surface area contributed by atoms with Crippen LogP contribution >= 0.6 is 0 Å². The Labute approximate surface area is 182 Å². The summed E-state index contributed by atoms with van der Waals surface area (Å²) in [6.07, 6.45) is 10.6. The molecule has 1 heterocycles. The number of unbranched alkanes of at least 4 members (excludes halogenated alkanes) is 5. The lowest BCUT2D eigenvalue weighted by Crippen LogP contribution is -2.25. The maximum Gasteiger partial charge on any atom is 0.246 e. The largest absolute Gasteiger partial charge is 0.610 e. The fourth-order valence-corrected chi connectivity index (χ4v) is 5.52. The molecule has 1 N–H and O–H groups in total. The molecule has 2 aliphatic rings. The number of carbonyl (C=O) groups excluding carboxylic acids is 2. The van der Waals surface area contributed by atoms with E-state index in [9.17, 15) is 19.2 Å². The molecule has 1 aromatic heterocycles. The lowest BCUT2D eigenvalue weighted by Gasteiger charge is -2.23. The Morgan fingerprint density at radius 2 is 1.87 bits per heavy atom. The summed E-state index contributed by atoms with van der Waals surface area (Å²) >= 11 is -1.26. The molecule has 3 rings (SSSR count). The van der Waals surface area contributed by atoms with Crippen LogP contribution in [-0.4, -0.2) is 37.3 Å². The molecule has 1 saturated carbocycles. The van der Waals surface area contributed by atoms with E-state index in [0.717, 1.165) is 36.9 Å². The molecule has 2 atom stereocenters. The van der Waals surface area contributed by atoms with Gasteiger partial charge in [-0.2, -0.15) is 5.10 Å². The first-order valence-electron chi connectivity index (χ1n) is 11.2. The van der Waals surface area contributed by atoms with Gasteiger partial charge in [0.1, 0.15) is 12.0 Å². The van der Waals surface area contributed by atoms with E-state index in [1.54, 1.807) is 6.26 Å². The molecule has 1 fully saturated rings. The van der Waals surface area contributed by atoms with Crippen molar-refractivity contribution in [2.75, 3.05) is 6.26 Å². The van der Waals surface area contributed by atoms with Crippen LogP contribution in [0.3, 0.4) is 0 Å². The van der Waals surface area contributed by atoms with Gasteiger partial charge in [-0.05, 0) is 26.2 Å². The average Bonchev–Trinajstić information content (AvgIpc) is 3.47. The van der Waals surface area contributed by atoms with E-state index < -0.39 is 11.2 Å². The number of hydrogen-bond donors (Lipinski definition) is 1. The number of Topliss-reactive ketones (excluding diaryl/α,β-unsaturated/α-hetero) is 2. The molecule has 0 bridgehead atoms. The van der Waals surface area contributed by atoms with Crippen molar-refractivity contribution in [3.8, 4) is 0 Å². The number of carbonyl (C=O) groups is 2. The smallest absolute Gasteiger partial charge is 0.246 e. The van der Waals surface area contributed by atoms with Gasteiger partial charge in [-0.1, -0.05) is 39.0 Å². The van der Waals surface area contributed by atoms with Crippen LogP contribution in [0, 0.1) is 12.8 Å². The Kier molecular flexibility index (Phi) is 7.80. The second-order valence-corrected chi connectivity index (χ2v) is 10.0. The first-order valence-corrected chi connectivity index (χ1v) is 12.8. The van der Waals surface area contributed by atoms with Crippen molar-refractivity contribution in [2.45, 2.75) is 95.5 Å². The van der Waals surface area contributed by atoms with Gasteiger partial charge in [0.25, 0.3) is 0 Å². The van der Waals surface area contributed by atoms with Crippen molar-refractivity contribution in [1.82, 2.24) is 9.78 Å². The Morgan fingerprint density at radius 3 is 2.47 bits per heavy atom. The van der Waals surface area contributed by atoms with Crippen molar-refractivity contribution in [3.63, 3.8) is 0 Å².